The van der Waals surface area contributed by atoms with Crippen LogP contribution >= 0.6 is 0 Å². The summed E-state index contributed by atoms with van der Waals surface area (Å²) in [5.74, 6) is 1.66. The molecule has 164 valence electrons. The molecule has 0 unspecified atom stereocenters. The maximum absolute atomic E-state index is 6.10. The van der Waals surface area contributed by atoms with E-state index < -0.39 is 0 Å². The second-order valence-electron chi connectivity index (χ2n) is 8.89. The molecule has 0 N–H and O–H groups in total. The van der Waals surface area contributed by atoms with Gasteiger partial charge in [0.25, 0.3) is 5.89 Å². The van der Waals surface area contributed by atoms with Gasteiger partial charge in [0.15, 0.2) is 5.69 Å². The quantitative estimate of drug-likeness (QED) is 0.467. The van der Waals surface area contributed by atoms with Crippen molar-refractivity contribution in [3.63, 3.8) is 0 Å². The molecule has 2 aromatic carbocycles. The van der Waals surface area contributed by atoms with E-state index in [1.54, 1.807) is 7.11 Å². The maximum Gasteiger partial charge on any atom is 0.280 e. The van der Waals surface area contributed by atoms with E-state index in [0.717, 1.165) is 22.6 Å². The van der Waals surface area contributed by atoms with Crippen LogP contribution in [0.5, 0.6) is 5.75 Å². The van der Waals surface area contributed by atoms with E-state index in [1.807, 2.05) is 41.1 Å². The molecule has 4 aromatic rings. The summed E-state index contributed by atoms with van der Waals surface area (Å²) in [6.07, 6.45) is -0.133. The molecule has 0 saturated carbocycles. The molecular weight excluding hydrogens is 406 g/mol. The van der Waals surface area contributed by atoms with E-state index in [2.05, 4.69) is 53.4 Å². The molecule has 3 heterocycles. The summed E-state index contributed by atoms with van der Waals surface area (Å²) >= 11 is 0. The van der Waals surface area contributed by atoms with E-state index >= 15 is 0 Å². The highest BCUT2D eigenvalue weighted by Crippen LogP contribution is 2.32. The molecule has 0 saturated heterocycles. The topological polar surface area (TPSA) is 88.1 Å². The van der Waals surface area contributed by atoms with E-state index in [1.165, 1.54) is 5.56 Å². The Kier molecular flexibility index (Phi) is 5.01. The molecule has 1 aliphatic rings. The van der Waals surface area contributed by atoms with Crippen LogP contribution in [0.2, 0.25) is 0 Å². The van der Waals surface area contributed by atoms with E-state index in [-0.39, 0.29) is 11.5 Å². The van der Waals surface area contributed by atoms with Gasteiger partial charge in [0, 0.05) is 5.56 Å². The van der Waals surface area contributed by atoms with Gasteiger partial charge in [-0.05, 0) is 28.7 Å². The summed E-state index contributed by atoms with van der Waals surface area (Å²) in [5.41, 5.74) is 4.64. The van der Waals surface area contributed by atoms with Crippen molar-refractivity contribution in [1.82, 2.24) is 25.1 Å². The number of hydrogen-bond acceptors (Lipinski definition) is 7. The second kappa shape index (κ2) is 7.87. The summed E-state index contributed by atoms with van der Waals surface area (Å²) in [4.78, 5) is 4.56. The van der Waals surface area contributed by atoms with Gasteiger partial charge in [0.05, 0.1) is 26.0 Å². The normalized spacial score (nSPS) is 16.1. The number of hydrogen-bond donors (Lipinski definition) is 0. The van der Waals surface area contributed by atoms with Crippen LogP contribution in [0.1, 0.15) is 43.7 Å². The summed E-state index contributed by atoms with van der Waals surface area (Å²) in [5, 5.41) is 12.7. The van der Waals surface area contributed by atoms with Crippen molar-refractivity contribution in [2.24, 2.45) is 0 Å². The minimum absolute atomic E-state index is 0.0881. The van der Waals surface area contributed by atoms with Gasteiger partial charge in [-0.15, -0.1) is 5.10 Å². The van der Waals surface area contributed by atoms with Gasteiger partial charge in [-0.2, -0.15) is 4.98 Å². The summed E-state index contributed by atoms with van der Waals surface area (Å²) in [6.45, 7) is 7.45. The molecule has 0 radical (unpaired) electrons. The van der Waals surface area contributed by atoms with Crippen LogP contribution in [-0.4, -0.2) is 32.2 Å². The second-order valence-corrected chi connectivity index (χ2v) is 8.89. The van der Waals surface area contributed by atoms with Crippen molar-refractivity contribution in [1.29, 1.82) is 0 Å². The van der Waals surface area contributed by atoms with Crippen molar-refractivity contribution >= 4 is 0 Å². The molecule has 0 spiro atoms. The molecule has 1 atom stereocenters. The van der Waals surface area contributed by atoms with Crippen LogP contribution < -0.4 is 4.74 Å². The number of aromatic nitrogens is 5. The van der Waals surface area contributed by atoms with Gasteiger partial charge in [-0.3, -0.25) is 0 Å². The third-order valence-corrected chi connectivity index (χ3v) is 5.70. The van der Waals surface area contributed by atoms with Crippen LogP contribution in [0, 0.1) is 0 Å². The minimum atomic E-state index is -0.133. The average Bonchev–Trinajstić information content (AvgIpc) is 3.45. The SMILES string of the molecule is COc1cccc([C@@H]2Cn3nnc(-c4nc(-c5ccc(C(C)(C)C)cc5)no4)c3CO2)c1. The molecule has 8 heteroatoms. The first kappa shape index (κ1) is 20.4. The Morgan fingerprint density at radius 3 is 2.66 bits per heavy atom. The summed E-state index contributed by atoms with van der Waals surface area (Å²) in [6, 6.07) is 16.1. The molecule has 1 aliphatic heterocycles. The molecule has 0 amide bonds. The number of nitrogens with zero attached hydrogens (tertiary/aromatic N) is 5. The van der Waals surface area contributed by atoms with Gasteiger partial charge in [-0.25, -0.2) is 4.68 Å². The Morgan fingerprint density at radius 2 is 1.91 bits per heavy atom. The van der Waals surface area contributed by atoms with Gasteiger partial charge < -0.3 is 14.0 Å². The first-order valence-electron chi connectivity index (χ1n) is 10.6. The fraction of sp³-hybridized carbons (Fsp3) is 0.333. The van der Waals surface area contributed by atoms with Crippen LogP contribution in [0.15, 0.2) is 53.1 Å². The van der Waals surface area contributed by atoms with Crippen LogP contribution in [0.4, 0.5) is 0 Å². The smallest absolute Gasteiger partial charge is 0.280 e. The Hall–Kier alpha value is -3.52. The van der Waals surface area contributed by atoms with Crippen LogP contribution in [0.3, 0.4) is 0 Å². The zero-order valence-electron chi connectivity index (χ0n) is 18.6. The zero-order chi connectivity index (χ0) is 22.3. The Morgan fingerprint density at radius 1 is 1.09 bits per heavy atom. The highest BCUT2D eigenvalue weighted by Gasteiger charge is 2.28. The van der Waals surface area contributed by atoms with Crippen molar-refractivity contribution in [3.8, 4) is 28.7 Å². The molecule has 5 rings (SSSR count). The van der Waals surface area contributed by atoms with Gasteiger partial charge in [-0.1, -0.05) is 67.5 Å². The molecule has 8 nitrogen and oxygen atoms in total. The Balaban J connectivity index is 1.37. The van der Waals surface area contributed by atoms with E-state index in [0.29, 0.717) is 30.6 Å². The lowest BCUT2D eigenvalue weighted by Gasteiger charge is -2.24. The standard InChI is InChI=1S/C24H25N5O3/c1-24(2,3)17-10-8-15(9-11-17)22-25-23(32-27-22)21-19-14-31-20(13-29(19)28-26-21)16-6-5-7-18(12-16)30-4/h5-12,20H,13-14H2,1-4H3/t20-/m0/s1. The van der Waals surface area contributed by atoms with Gasteiger partial charge in [0.2, 0.25) is 5.82 Å². The van der Waals surface area contributed by atoms with Crippen molar-refractivity contribution in [3.05, 3.63) is 65.4 Å². The Bertz CT molecular complexity index is 1240. The third kappa shape index (κ3) is 3.78. The highest BCUT2D eigenvalue weighted by molar-refractivity contribution is 5.59. The average molecular weight is 431 g/mol. The van der Waals surface area contributed by atoms with Gasteiger partial charge in [0.1, 0.15) is 11.9 Å². The first-order chi connectivity index (χ1) is 15.4. The van der Waals surface area contributed by atoms with E-state index in [4.69, 9.17) is 14.0 Å². The molecule has 0 fully saturated rings. The predicted molar refractivity (Wildman–Crippen MR) is 118 cm³/mol. The number of benzene rings is 2. The molecule has 0 aliphatic carbocycles. The van der Waals surface area contributed by atoms with E-state index in [9.17, 15) is 0 Å². The summed E-state index contributed by atoms with van der Waals surface area (Å²) < 4.78 is 18.8. The summed E-state index contributed by atoms with van der Waals surface area (Å²) in [7, 11) is 1.65. The fourth-order valence-corrected chi connectivity index (χ4v) is 3.78. The first-order valence-corrected chi connectivity index (χ1v) is 10.6. The lowest BCUT2D eigenvalue weighted by molar-refractivity contribution is -0.00127. The fourth-order valence-electron chi connectivity index (χ4n) is 3.78. The van der Waals surface area contributed by atoms with Crippen LogP contribution in [-0.2, 0) is 23.3 Å². The predicted octanol–water partition coefficient (Wildman–Crippen LogP) is 4.57. The van der Waals surface area contributed by atoms with Crippen molar-refractivity contribution < 1.29 is 14.0 Å². The zero-order valence-corrected chi connectivity index (χ0v) is 18.6. The maximum atomic E-state index is 6.10. The number of methoxy groups -OCH3 is 1. The number of fused-ring (bicyclic) bond motifs is 1. The Labute approximate surface area is 186 Å². The molecule has 32 heavy (non-hydrogen) atoms. The minimum Gasteiger partial charge on any atom is -0.497 e. The highest BCUT2D eigenvalue weighted by atomic mass is 16.5. The largest absolute Gasteiger partial charge is 0.497 e. The number of rotatable bonds is 4. The van der Waals surface area contributed by atoms with Crippen LogP contribution in [0.25, 0.3) is 23.0 Å². The monoisotopic (exact) mass is 431 g/mol. The third-order valence-electron chi connectivity index (χ3n) is 5.70. The molecule has 0 bridgehead atoms. The lowest BCUT2D eigenvalue weighted by Crippen LogP contribution is -2.22. The molecule has 2 aromatic heterocycles. The van der Waals surface area contributed by atoms with Gasteiger partial charge >= 0.3 is 0 Å². The lowest BCUT2D eigenvalue weighted by atomic mass is 9.87. The van der Waals surface area contributed by atoms with Crippen molar-refractivity contribution in [2.75, 3.05) is 7.11 Å². The number of ether oxygens (including phenoxy) is 2. The van der Waals surface area contributed by atoms with Crippen molar-refractivity contribution in [2.45, 2.75) is 45.4 Å². The molecular formula is C24H25N5O3.